The van der Waals surface area contributed by atoms with Gasteiger partial charge >= 0.3 is 11.8 Å². The predicted octanol–water partition coefficient (Wildman–Crippen LogP) is 3.06. The second-order valence-corrected chi connectivity index (χ2v) is 7.66. The quantitative estimate of drug-likeness (QED) is 0.699. The molecule has 1 fully saturated rings. The van der Waals surface area contributed by atoms with Gasteiger partial charge in [0.1, 0.15) is 5.60 Å². The number of rotatable bonds is 5. The first-order valence-corrected chi connectivity index (χ1v) is 9.27. The van der Waals surface area contributed by atoms with E-state index in [-0.39, 0.29) is 12.5 Å². The monoisotopic (exact) mass is 378 g/mol. The van der Waals surface area contributed by atoms with E-state index in [1.54, 1.807) is 18.2 Å². The van der Waals surface area contributed by atoms with Crippen molar-refractivity contribution in [1.82, 2.24) is 5.32 Å². The Morgan fingerprint density at radius 1 is 1.32 bits per heavy atom. The van der Waals surface area contributed by atoms with Crippen LogP contribution in [0, 0.1) is 12.8 Å². The summed E-state index contributed by atoms with van der Waals surface area (Å²) in [6, 6.07) is 8.78. The molecule has 25 heavy (non-hydrogen) atoms. The number of benzene rings is 1. The highest BCUT2D eigenvalue weighted by atomic mass is 35.5. The minimum Gasteiger partial charge on any atom is -0.382 e. The van der Waals surface area contributed by atoms with Gasteiger partial charge < -0.3 is 15.7 Å². The first-order valence-electron chi connectivity index (χ1n) is 8.02. The van der Waals surface area contributed by atoms with Crippen molar-refractivity contribution < 1.29 is 14.7 Å². The molecule has 7 heteroatoms. The largest absolute Gasteiger partial charge is 0.382 e. The molecule has 0 spiro atoms. The van der Waals surface area contributed by atoms with Crippen molar-refractivity contribution in [2.24, 2.45) is 5.92 Å². The van der Waals surface area contributed by atoms with Gasteiger partial charge in [0.15, 0.2) is 0 Å². The molecule has 1 saturated carbocycles. The van der Waals surface area contributed by atoms with Crippen LogP contribution in [0.3, 0.4) is 0 Å². The molecule has 132 valence electrons. The van der Waals surface area contributed by atoms with E-state index in [9.17, 15) is 14.7 Å². The Morgan fingerprint density at radius 2 is 2.08 bits per heavy atom. The van der Waals surface area contributed by atoms with Crippen LogP contribution in [-0.4, -0.2) is 23.5 Å². The number of halogens is 1. The standard InChI is InChI=1S/C18H19ClN2O3S/c1-11-4-7-13(19)9-14(11)21-17(23)16(22)20-10-18(24,12-5-6-12)15-3-2-8-25-15/h2-4,7-9,12,24H,5-6,10H2,1H3,(H,20,22)(H,21,23). The molecule has 0 radical (unpaired) electrons. The number of aliphatic hydroxyl groups is 1. The SMILES string of the molecule is Cc1ccc(Cl)cc1NC(=O)C(=O)NCC(O)(c1cccs1)C1CC1. The highest BCUT2D eigenvalue weighted by Crippen LogP contribution is 2.46. The van der Waals surface area contributed by atoms with E-state index < -0.39 is 17.4 Å². The van der Waals surface area contributed by atoms with Crippen LogP contribution in [-0.2, 0) is 15.2 Å². The smallest absolute Gasteiger partial charge is 0.313 e. The molecule has 3 rings (SSSR count). The molecule has 1 heterocycles. The number of amides is 2. The maximum Gasteiger partial charge on any atom is 0.313 e. The topological polar surface area (TPSA) is 78.4 Å². The third kappa shape index (κ3) is 4.03. The van der Waals surface area contributed by atoms with Gasteiger partial charge in [0, 0.05) is 15.6 Å². The number of hydrogen-bond acceptors (Lipinski definition) is 4. The summed E-state index contributed by atoms with van der Waals surface area (Å²) in [7, 11) is 0. The fraction of sp³-hybridized carbons (Fsp3) is 0.333. The molecule has 3 N–H and O–H groups in total. The molecule has 0 aliphatic heterocycles. The normalized spacial score (nSPS) is 16.1. The average molecular weight is 379 g/mol. The predicted molar refractivity (Wildman–Crippen MR) is 98.8 cm³/mol. The number of aryl methyl sites for hydroxylation is 1. The third-order valence-electron chi connectivity index (χ3n) is 4.37. The van der Waals surface area contributed by atoms with Crippen LogP contribution in [0.25, 0.3) is 0 Å². The summed E-state index contributed by atoms with van der Waals surface area (Å²) in [6.07, 6.45) is 1.83. The fourth-order valence-corrected chi connectivity index (χ4v) is 3.80. The van der Waals surface area contributed by atoms with Crippen molar-refractivity contribution in [3.63, 3.8) is 0 Å². The van der Waals surface area contributed by atoms with Gasteiger partial charge in [0.25, 0.3) is 0 Å². The van der Waals surface area contributed by atoms with Crippen LogP contribution in [0.1, 0.15) is 23.3 Å². The second-order valence-electron chi connectivity index (χ2n) is 6.27. The van der Waals surface area contributed by atoms with Gasteiger partial charge in [-0.2, -0.15) is 0 Å². The van der Waals surface area contributed by atoms with Gasteiger partial charge in [-0.05, 0) is 54.8 Å². The van der Waals surface area contributed by atoms with E-state index in [2.05, 4.69) is 10.6 Å². The van der Waals surface area contributed by atoms with Crippen LogP contribution in [0.15, 0.2) is 35.7 Å². The van der Waals surface area contributed by atoms with Crippen LogP contribution >= 0.6 is 22.9 Å². The molecule has 1 aliphatic carbocycles. The number of carbonyl (C=O) groups excluding carboxylic acids is 2. The number of anilines is 1. The van der Waals surface area contributed by atoms with E-state index in [0.29, 0.717) is 10.7 Å². The second kappa shape index (κ2) is 7.15. The summed E-state index contributed by atoms with van der Waals surface area (Å²) in [5, 5.41) is 18.4. The Bertz CT molecular complexity index is 790. The molecule has 0 bridgehead atoms. The van der Waals surface area contributed by atoms with Crippen molar-refractivity contribution in [2.45, 2.75) is 25.4 Å². The van der Waals surface area contributed by atoms with E-state index >= 15 is 0 Å². The number of thiophene rings is 1. The molecule has 1 atom stereocenters. The van der Waals surface area contributed by atoms with E-state index in [1.807, 2.05) is 24.4 Å². The van der Waals surface area contributed by atoms with Gasteiger partial charge in [-0.3, -0.25) is 9.59 Å². The van der Waals surface area contributed by atoms with E-state index in [1.165, 1.54) is 11.3 Å². The summed E-state index contributed by atoms with van der Waals surface area (Å²) in [5.74, 6) is -1.45. The maximum atomic E-state index is 12.1. The van der Waals surface area contributed by atoms with Crippen LogP contribution in [0.5, 0.6) is 0 Å². The molecule has 1 aliphatic rings. The third-order valence-corrected chi connectivity index (χ3v) is 5.64. The molecule has 1 aromatic heterocycles. The minimum absolute atomic E-state index is 0.0129. The summed E-state index contributed by atoms with van der Waals surface area (Å²) >= 11 is 7.36. The first-order chi connectivity index (χ1) is 11.9. The number of nitrogens with one attached hydrogen (secondary N) is 2. The van der Waals surface area contributed by atoms with Crippen molar-refractivity contribution in [2.75, 3.05) is 11.9 Å². The fourth-order valence-electron chi connectivity index (χ4n) is 2.72. The Labute approximate surface area is 155 Å². The molecule has 1 aromatic carbocycles. The Hall–Kier alpha value is -1.89. The lowest BCUT2D eigenvalue weighted by molar-refractivity contribution is -0.137. The van der Waals surface area contributed by atoms with Crippen molar-refractivity contribution >= 4 is 40.4 Å². The summed E-state index contributed by atoms with van der Waals surface area (Å²) in [4.78, 5) is 25.1. The van der Waals surface area contributed by atoms with Gasteiger partial charge in [-0.15, -0.1) is 11.3 Å². The Kier molecular flexibility index (Phi) is 5.13. The zero-order chi connectivity index (χ0) is 18.0. The molecule has 1 unspecified atom stereocenters. The van der Waals surface area contributed by atoms with Crippen LogP contribution < -0.4 is 10.6 Å². The summed E-state index contributed by atoms with van der Waals surface area (Å²) in [5.41, 5.74) is 0.179. The highest BCUT2D eigenvalue weighted by molar-refractivity contribution is 7.10. The van der Waals surface area contributed by atoms with Gasteiger partial charge in [-0.1, -0.05) is 23.7 Å². The molecule has 0 saturated heterocycles. The average Bonchev–Trinajstić information content (AvgIpc) is 3.30. The van der Waals surface area contributed by atoms with Crippen LogP contribution in [0.4, 0.5) is 5.69 Å². The zero-order valence-electron chi connectivity index (χ0n) is 13.7. The minimum atomic E-state index is -1.12. The van der Waals surface area contributed by atoms with E-state index in [0.717, 1.165) is 23.3 Å². The molecule has 2 amide bonds. The first kappa shape index (κ1) is 17.9. The van der Waals surface area contributed by atoms with Crippen molar-refractivity contribution in [1.29, 1.82) is 0 Å². The van der Waals surface area contributed by atoms with E-state index in [4.69, 9.17) is 11.6 Å². The molecular weight excluding hydrogens is 360 g/mol. The van der Waals surface area contributed by atoms with Gasteiger partial charge in [-0.25, -0.2) is 0 Å². The lowest BCUT2D eigenvalue weighted by atomic mass is 9.95. The lowest BCUT2D eigenvalue weighted by Gasteiger charge is -2.27. The van der Waals surface area contributed by atoms with Crippen molar-refractivity contribution in [3.05, 3.63) is 51.2 Å². The number of carbonyl (C=O) groups is 2. The lowest BCUT2D eigenvalue weighted by Crippen LogP contribution is -2.45. The van der Waals surface area contributed by atoms with Crippen LogP contribution in [0.2, 0.25) is 5.02 Å². The molecular formula is C18H19ClN2O3S. The summed E-state index contributed by atoms with van der Waals surface area (Å²) in [6.45, 7) is 1.82. The van der Waals surface area contributed by atoms with Gasteiger partial charge in [0.05, 0.1) is 6.54 Å². The Morgan fingerprint density at radius 3 is 2.72 bits per heavy atom. The highest BCUT2D eigenvalue weighted by Gasteiger charge is 2.46. The van der Waals surface area contributed by atoms with Gasteiger partial charge in [0.2, 0.25) is 0 Å². The Balaban J connectivity index is 1.63. The van der Waals surface area contributed by atoms with Crippen molar-refractivity contribution in [3.8, 4) is 0 Å². The zero-order valence-corrected chi connectivity index (χ0v) is 15.3. The molecule has 2 aromatic rings. The summed E-state index contributed by atoms with van der Waals surface area (Å²) < 4.78 is 0. The number of hydrogen-bond donors (Lipinski definition) is 3. The molecule has 5 nitrogen and oxygen atoms in total. The maximum absolute atomic E-state index is 12.1.